The van der Waals surface area contributed by atoms with Crippen molar-refractivity contribution in [1.82, 2.24) is 4.98 Å². The molecule has 0 fully saturated rings. The number of carboxylic acids is 1. The lowest BCUT2D eigenvalue weighted by Gasteiger charge is -2.09. The number of ether oxygens (including phenoxy) is 1. The van der Waals surface area contributed by atoms with Crippen molar-refractivity contribution in [1.29, 1.82) is 5.26 Å². The van der Waals surface area contributed by atoms with Gasteiger partial charge in [0.25, 0.3) is 0 Å². The molecule has 0 aliphatic carbocycles. The van der Waals surface area contributed by atoms with Gasteiger partial charge in [0.05, 0.1) is 23.7 Å². The fraction of sp³-hybridized carbons (Fsp3) is 0.0952. The van der Waals surface area contributed by atoms with E-state index in [0.717, 1.165) is 6.07 Å². The van der Waals surface area contributed by atoms with Gasteiger partial charge in [-0.15, -0.1) is 0 Å². The number of carboxylic acid groups (broad SMARTS) is 1. The molecule has 0 unspecified atom stereocenters. The molecule has 1 N–H and O–H groups in total. The Kier molecular flexibility index (Phi) is 5.61. The van der Waals surface area contributed by atoms with Crippen LogP contribution in [0.25, 0.3) is 11.3 Å². The van der Waals surface area contributed by atoms with Gasteiger partial charge in [0, 0.05) is 17.2 Å². The fourth-order valence-corrected chi connectivity index (χ4v) is 2.55. The van der Waals surface area contributed by atoms with Gasteiger partial charge in [0.2, 0.25) is 5.88 Å². The zero-order valence-corrected chi connectivity index (χ0v) is 14.5. The number of hydrogen-bond acceptors (Lipinski definition) is 4. The minimum absolute atomic E-state index is 0.0833. The highest BCUT2D eigenvalue weighted by atomic mass is 19.1. The van der Waals surface area contributed by atoms with Gasteiger partial charge in [-0.3, -0.25) is 4.79 Å². The zero-order valence-electron chi connectivity index (χ0n) is 14.5. The highest BCUT2D eigenvalue weighted by molar-refractivity contribution is 5.71. The summed E-state index contributed by atoms with van der Waals surface area (Å²) in [6.07, 6.45) is -0.404. The molecule has 0 atom stereocenters. The summed E-state index contributed by atoms with van der Waals surface area (Å²) < 4.78 is 33.5. The highest BCUT2D eigenvalue weighted by Gasteiger charge is 2.10. The molecule has 1 aromatic heterocycles. The summed E-state index contributed by atoms with van der Waals surface area (Å²) in [7, 11) is 0. The lowest BCUT2D eigenvalue weighted by molar-refractivity contribution is -0.136. The normalized spacial score (nSPS) is 10.3. The average Bonchev–Trinajstić information content (AvgIpc) is 2.68. The molecule has 7 heteroatoms. The summed E-state index contributed by atoms with van der Waals surface area (Å²) in [5.74, 6) is -2.08. The standard InChI is InChI=1S/C21H14F2N2O3/c22-17-8-13(11-24)4-5-16(17)12-28-20-3-1-2-19(25-20)15-7-6-14(10-21(26)27)18(23)9-15/h1-9H,10,12H2,(H,26,27). The first-order chi connectivity index (χ1) is 13.5. The number of rotatable bonds is 6. The van der Waals surface area contributed by atoms with Gasteiger partial charge in [-0.25, -0.2) is 13.8 Å². The van der Waals surface area contributed by atoms with Crippen LogP contribution in [0.2, 0.25) is 0 Å². The van der Waals surface area contributed by atoms with E-state index in [2.05, 4.69) is 4.98 Å². The molecule has 3 rings (SSSR count). The maximum atomic E-state index is 14.1. The van der Waals surface area contributed by atoms with Crippen molar-refractivity contribution in [3.8, 4) is 23.2 Å². The quantitative estimate of drug-likeness (QED) is 0.696. The van der Waals surface area contributed by atoms with Gasteiger partial charge in [0.15, 0.2) is 0 Å². The number of carbonyl (C=O) groups is 1. The minimum atomic E-state index is -1.12. The number of benzene rings is 2. The molecule has 0 bridgehead atoms. The largest absolute Gasteiger partial charge is 0.481 e. The third kappa shape index (κ3) is 4.48. The topological polar surface area (TPSA) is 83.2 Å². The second-order valence-corrected chi connectivity index (χ2v) is 5.94. The lowest BCUT2D eigenvalue weighted by atomic mass is 10.1. The summed E-state index contributed by atoms with van der Waals surface area (Å²) >= 11 is 0. The molecule has 140 valence electrons. The van der Waals surface area contributed by atoms with Crippen molar-refractivity contribution in [3.05, 3.63) is 82.9 Å². The maximum absolute atomic E-state index is 14.1. The minimum Gasteiger partial charge on any atom is -0.481 e. The molecule has 1 heterocycles. The molecule has 28 heavy (non-hydrogen) atoms. The first-order valence-corrected chi connectivity index (χ1v) is 8.25. The van der Waals surface area contributed by atoms with E-state index in [1.165, 1.54) is 24.3 Å². The Morgan fingerprint density at radius 3 is 2.50 bits per heavy atom. The van der Waals surface area contributed by atoms with E-state index < -0.39 is 24.0 Å². The van der Waals surface area contributed by atoms with Crippen molar-refractivity contribution in [2.24, 2.45) is 0 Å². The first kappa shape index (κ1) is 19.0. The summed E-state index contributed by atoms with van der Waals surface area (Å²) in [4.78, 5) is 15.0. The zero-order chi connectivity index (χ0) is 20.1. The van der Waals surface area contributed by atoms with E-state index in [1.807, 2.05) is 6.07 Å². The lowest BCUT2D eigenvalue weighted by Crippen LogP contribution is -2.03. The smallest absolute Gasteiger partial charge is 0.307 e. The van der Waals surface area contributed by atoms with Gasteiger partial charge >= 0.3 is 5.97 Å². The van der Waals surface area contributed by atoms with Crippen LogP contribution >= 0.6 is 0 Å². The number of aliphatic carboxylic acids is 1. The van der Waals surface area contributed by atoms with Gasteiger partial charge < -0.3 is 9.84 Å². The Hall–Kier alpha value is -3.79. The van der Waals surface area contributed by atoms with Crippen LogP contribution in [0.15, 0.2) is 54.6 Å². The van der Waals surface area contributed by atoms with Crippen LogP contribution in [0.5, 0.6) is 5.88 Å². The summed E-state index contributed by atoms with van der Waals surface area (Å²) in [6, 6.07) is 15.0. The van der Waals surface area contributed by atoms with Crippen LogP contribution in [0.4, 0.5) is 8.78 Å². The Balaban J connectivity index is 1.76. The third-order valence-corrected chi connectivity index (χ3v) is 3.97. The monoisotopic (exact) mass is 380 g/mol. The Bertz CT molecular complexity index is 1080. The van der Waals surface area contributed by atoms with E-state index in [9.17, 15) is 13.6 Å². The molecule has 0 radical (unpaired) electrons. The number of nitrogens with zero attached hydrogens (tertiary/aromatic N) is 2. The van der Waals surface area contributed by atoms with Crippen LogP contribution < -0.4 is 4.74 Å². The maximum Gasteiger partial charge on any atom is 0.307 e. The van der Waals surface area contributed by atoms with E-state index in [-0.39, 0.29) is 29.2 Å². The van der Waals surface area contributed by atoms with Crippen molar-refractivity contribution >= 4 is 5.97 Å². The third-order valence-electron chi connectivity index (χ3n) is 3.97. The van der Waals surface area contributed by atoms with Gasteiger partial charge in [-0.1, -0.05) is 24.3 Å². The molecule has 0 aliphatic rings. The van der Waals surface area contributed by atoms with Crippen molar-refractivity contribution in [3.63, 3.8) is 0 Å². The van der Waals surface area contributed by atoms with Crippen LogP contribution in [-0.4, -0.2) is 16.1 Å². The fourth-order valence-electron chi connectivity index (χ4n) is 2.55. The van der Waals surface area contributed by atoms with Crippen LogP contribution in [0.3, 0.4) is 0 Å². The first-order valence-electron chi connectivity index (χ1n) is 8.25. The van der Waals surface area contributed by atoms with E-state index >= 15 is 0 Å². The summed E-state index contributed by atoms with van der Waals surface area (Å²) in [5, 5.41) is 17.5. The highest BCUT2D eigenvalue weighted by Crippen LogP contribution is 2.23. The summed E-state index contributed by atoms with van der Waals surface area (Å²) in [5.41, 5.74) is 1.46. The molecule has 0 amide bonds. The van der Waals surface area contributed by atoms with E-state index in [1.54, 1.807) is 24.3 Å². The molecule has 0 aliphatic heterocycles. The van der Waals surface area contributed by atoms with Crippen LogP contribution in [0.1, 0.15) is 16.7 Å². The number of nitriles is 1. The second-order valence-electron chi connectivity index (χ2n) is 5.94. The predicted molar refractivity (Wildman–Crippen MR) is 96.4 cm³/mol. The molecule has 0 spiro atoms. The van der Waals surface area contributed by atoms with Crippen LogP contribution in [0, 0.1) is 23.0 Å². The molecule has 0 saturated heterocycles. The molecule has 5 nitrogen and oxygen atoms in total. The van der Waals surface area contributed by atoms with Gasteiger partial charge in [0.1, 0.15) is 18.2 Å². The van der Waals surface area contributed by atoms with Crippen molar-refractivity contribution < 1.29 is 23.4 Å². The van der Waals surface area contributed by atoms with E-state index in [0.29, 0.717) is 11.3 Å². The molecule has 0 saturated carbocycles. The van der Waals surface area contributed by atoms with Gasteiger partial charge in [-0.05, 0) is 29.8 Å². The molecular formula is C21H14F2N2O3. The number of pyridine rings is 1. The predicted octanol–water partition coefficient (Wildman–Crippen LogP) is 4.10. The average molecular weight is 380 g/mol. The molecular weight excluding hydrogens is 366 g/mol. The van der Waals surface area contributed by atoms with Gasteiger partial charge in [-0.2, -0.15) is 5.26 Å². The molecule has 3 aromatic rings. The van der Waals surface area contributed by atoms with Crippen molar-refractivity contribution in [2.45, 2.75) is 13.0 Å². The number of aromatic nitrogens is 1. The number of hydrogen-bond donors (Lipinski definition) is 1. The van der Waals surface area contributed by atoms with Crippen molar-refractivity contribution in [2.75, 3.05) is 0 Å². The SMILES string of the molecule is N#Cc1ccc(COc2cccc(-c3ccc(CC(=O)O)c(F)c3)n2)c(F)c1. The van der Waals surface area contributed by atoms with Crippen LogP contribution in [-0.2, 0) is 17.8 Å². The van der Waals surface area contributed by atoms with E-state index in [4.69, 9.17) is 15.1 Å². The Morgan fingerprint density at radius 1 is 1.07 bits per heavy atom. The second kappa shape index (κ2) is 8.27. The molecule has 2 aromatic carbocycles. The number of halogens is 2. The Morgan fingerprint density at radius 2 is 1.82 bits per heavy atom. The Labute approximate surface area is 159 Å². The summed E-state index contributed by atoms with van der Waals surface area (Å²) in [6.45, 7) is -0.0834.